The number of rotatable bonds is 4. The number of hydrogen-bond acceptors (Lipinski definition) is 4. The number of nitrogens with one attached hydrogen (secondary N) is 2. The highest BCUT2D eigenvalue weighted by Crippen LogP contribution is 2.24. The molecule has 0 saturated carbocycles. The molecule has 1 aliphatic carbocycles. The first kappa shape index (κ1) is 13.4. The second-order valence-electron chi connectivity index (χ2n) is 5.82. The van der Waals surface area contributed by atoms with Gasteiger partial charge in [-0.2, -0.15) is 5.26 Å². The molecule has 0 spiro atoms. The number of nitrogens with zero attached hydrogens (tertiary/aromatic N) is 2. The van der Waals surface area contributed by atoms with Gasteiger partial charge in [0.05, 0.1) is 5.56 Å². The van der Waals surface area contributed by atoms with Crippen LogP contribution in [0.15, 0.2) is 6.07 Å². The first-order chi connectivity index (χ1) is 9.86. The molecule has 20 heavy (non-hydrogen) atoms. The molecule has 2 heterocycles. The maximum Gasteiger partial charge on any atom is 0.144 e. The van der Waals surface area contributed by atoms with Gasteiger partial charge < -0.3 is 10.6 Å². The molecule has 0 aromatic carbocycles. The zero-order valence-corrected chi connectivity index (χ0v) is 11.9. The normalized spacial score (nSPS) is 21.2. The van der Waals surface area contributed by atoms with E-state index >= 15 is 0 Å². The van der Waals surface area contributed by atoms with Crippen molar-refractivity contribution < 1.29 is 0 Å². The van der Waals surface area contributed by atoms with Crippen LogP contribution in [0.2, 0.25) is 0 Å². The van der Waals surface area contributed by atoms with E-state index in [4.69, 9.17) is 4.98 Å². The van der Waals surface area contributed by atoms with Gasteiger partial charge in [0.25, 0.3) is 0 Å². The molecule has 1 atom stereocenters. The maximum atomic E-state index is 9.29. The van der Waals surface area contributed by atoms with Crippen molar-refractivity contribution >= 4 is 5.82 Å². The van der Waals surface area contributed by atoms with E-state index in [1.807, 2.05) is 6.07 Å². The zero-order chi connectivity index (χ0) is 13.8. The Kier molecular flexibility index (Phi) is 4.17. The summed E-state index contributed by atoms with van der Waals surface area (Å²) >= 11 is 0. The molecule has 0 amide bonds. The minimum absolute atomic E-state index is 0.630. The summed E-state index contributed by atoms with van der Waals surface area (Å²) in [5.41, 5.74) is 3.16. The molecule has 1 saturated heterocycles. The van der Waals surface area contributed by atoms with Crippen molar-refractivity contribution in [3.8, 4) is 6.07 Å². The fourth-order valence-electron chi connectivity index (χ4n) is 3.22. The van der Waals surface area contributed by atoms with Gasteiger partial charge in [-0.05, 0) is 63.1 Å². The second kappa shape index (κ2) is 6.23. The second-order valence-corrected chi connectivity index (χ2v) is 5.82. The SMILES string of the molecule is N#Cc1cc2c(nc1NCC[C@H]1CCCN1)CCCC2. The molecular formula is C16H22N4. The molecule has 0 unspecified atom stereocenters. The Morgan fingerprint density at radius 3 is 3.05 bits per heavy atom. The molecule has 2 aliphatic rings. The summed E-state index contributed by atoms with van der Waals surface area (Å²) in [5, 5.41) is 16.2. The van der Waals surface area contributed by atoms with Crippen molar-refractivity contribution in [2.75, 3.05) is 18.4 Å². The van der Waals surface area contributed by atoms with Crippen molar-refractivity contribution in [2.24, 2.45) is 0 Å². The third-order valence-electron chi connectivity index (χ3n) is 4.37. The third-order valence-corrected chi connectivity index (χ3v) is 4.37. The number of nitriles is 1. The maximum absolute atomic E-state index is 9.29. The van der Waals surface area contributed by atoms with Gasteiger partial charge in [-0.15, -0.1) is 0 Å². The van der Waals surface area contributed by atoms with Crippen molar-refractivity contribution in [2.45, 2.75) is 51.0 Å². The first-order valence-corrected chi connectivity index (χ1v) is 7.77. The lowest BCUT2D eigenvalue weighted by molar-refractivity contribution is 0.574. The molecule has 0 radical (unpaired) electrons. The average molecular weight is 270 g/mol. The Balaban J connectivity index is 1.66. The van der Waals surface area contributed by atoms with Crippen molar-refractivity contribution in [1.29, 1.82) is 5.26 Å². The molecule has 1 aromatic heterocycles. The molecule has 1 fully saturated rings. The third kappa shape index (κ3) is 2.94. The van der Waals surface area contributed by atoms with E-state index in [1.165, 1.54) is 36.9 Å². The Hall–Kier alpha value is -1.60. The highest BCUT2D eigenvalue weighted by Gasteiger charge is 2.16. The lowest BCUT2D eigenvalue weighted by atomic mass is 9.95. The quantitative estimate of drug-likeness (QED) is 0.882. The minimum Gasteiger partial charge on any atom is -0.369 e. The van der Waals surface area contributed by atoms with E-state index in [9.17, 15) is 5.26 Å². The van der Waals surface area contributed by atoms with Gasteiger partial charge in [-0.3, -0.25) is 0 Å². The number of fused-ring (bicyclic) bond motifs is 1. The van der Waals surface area contributed by atoms with E-state index in [1.54, 1.807) is 0 Å². The summed E-state index contributed by atoms with van der Waals surface area (Å²) in [4.78, 5) is 4.69. The minimum atomic E-state index is 0.630. The first-order valence-electron chi connectivity index (χ1n) is 7.77. The topological polar surface area (TPSA) is 60.7 Å². The van der Waals surface area contributed by atoms with Crippen LogP contribution < -0.4 is 10.6 Å². The molecule has 1 aromatic rings. The van der Waals surface area contributed by atoms with Gasteiger partial charge in [0.1, 0.15) is 11.9 Å². The van der Waals surface area contributed by atoms with Crippen LogP contribution in [-0.2, 0) is 12.8 Å². The van der Waals surface area contributed by atoms with Crippen LogP contribution in [0.4, 0.5) is 5.82 Å². The van der Waals surface area contributed by atoms with Crippen molar-refractivity contribution in [3.05, 3.63) is 22.9 Å². The monoisotopic (exact) mass is 270 g/mol. The predicted octanol–water partition coefficient (Wildman–Crippen LogP) is 2.39. The summed E-state index contributed by atoms with van der Waals surface area (Å²) in [5.74, 6) is 0.783. The Bertz CT molecular complexity index is 512. The van der Waals surface area contributed by atoms with E-state index in [2.05, 4.69) is 16.7 Å². The molecule has 4 nitrogen and oxygen atoms in total. The molecule has 106 valence electrons. The number of aromatic nitrogens is 1. The van der Waals surface area contributed by atoms with Crippen LogP contribution in [0.25, 0.3) is 0 Å². The summed E-state index contributed by atoms with van der Waals surface area (Å²) in [7, 11) is 0. The summed E-state index contributed by atoms with van der Waals surface area (Å²) < 4.78 is 0. The van der Waals surface area contributed by atoms with E-state index in [0.29, 0.717) is 11.6 Å². The van der Waals surface area contributed by atoms with Gasteiger partial charge in [0, 0.05) is 18.3 Å². The molecule has 4 heteroatoms. The van der Waals surface area contributed by atoms with Crippen LogP contribution in [0, 0.1) is 11.3 Å². The highest BCUT2D eigenvalue weighted by molar-refractivity contribution is 5.54. The molecule has 0 bridgehead atoms. The van der Waals surface area contributed by atoms with Crippen molar-refractivity contribution in [1.82, 2.24) is 10.3 Å². The largest absolute Gasteiger partial charge is 0.369 e. The van der Waals surface area contributed by atoms with E-state index in [-0.39, 0.29) is 0 Å². The summed E-state index contributed by atoms with van der Waals surface area (Å²) in [6.07, 6.45) is 8.22. The Morgan fingerprint density at radius 1 is 1.35 bits per heavy atom. The molecule has 2 N–H and O–H groups in total. The van der Waals surface area contributed by atoms with Gasteiger partial charge >= 0.3 is 0 Å². The summed E-state index contributed by atoms with van der Waals surface area (Å²) in [6.45, 7) is 2.03. The van der Waals surface area contributed by atoms with Crippen LogP contribution in [0.3, 0.4) is 0 Å². The fourth-order valence-corrected chi connectivity index (χ4v) is 3.22. The van der Waals surface area contributed by atoms with Crippen LogP contribution in [0.1, 0.15) is 48.9 Å². The smallest absolute Gasteiger partial charge is 0.144 e. The number of pyridine rings is 1. The van der Waals surface area contributed by atoms with Gasteiger partial charge in [-0.25, -0.2) is 4.98 Å². The number of hydrogen-bond donors (Lipinski definition) is 2. The Morgan fingerprint density at radius 2 is 2.25 bits per heavy atom. The average Bonchev–Trinajstić information content (AvgIpc) is 3.00. The fraction of sp³-hybridized carbons (Fsp3) is 0.625. The van der Waals surface area contributed by atoms with Gasteiger partial charge in [0.15, 0.2) is 0 Å². The molecular weight excluding hydrogens is 248 g/mol. The van der Waals surface area contributed by atoms with Gasteiger partial charge in [-0.1, -0.05) is 0 Å². The number of anilines is 1. The highest BCUT2D eigenvalue weighted by atomic mass is 15.0. The lowest BCUT2D eigenvalue weighted by Crippen LogP contribution is -2.24. The summed E-state index contributed by atoms with van der Waals surface area (Å²) in [6, 6.07) is 4.95. The Labute approximate surface area is 120 Å². The van der Waals surface area contributed by atoms with Crippen molar-refractivity contribution in [3.63, 3.8) is 0 Å². The lowest BCUT2D eigenvalue weighted by Gasteiger charge is -2.18. The standard InChI is InChI=1S/C16H22N4/c17-11-13-10-12-4-1-2-6-15(12)20-16(13)19-9-7-14-5-3-8-18-14/h10,14,18H,1-9H2,(H,19,20)/t14-/m1/s1. The van der Waals surface area contributed by atoms with Crippen LogP contribution in [0.5, 0.6) is 0 Å². The van der Waals surface area contributed by atoms with Crippen LogP contribution in [-0.4, -0.2) is 24.1 Å². The zero-order valence-electron chi connectivity index (χ0n) is 11.9. The predicted molar refractivity (Wildman–Crippen MR) is 79.7 cm³/mol. The number of aryl methyl sites for hydroxylation is 2. The van der Waals surface area contributed by atoms with Crippen LogP contribution >= 0.6 is 0 Å². The molecule has 3 rings (SSSR count). The van der Waals surface area contributed by atoms with Gasteiger partial charge in [0.2, 0.25) is 0 Å². The molecule has 1 aliphatic heterocycles. The van der Waals surface area contributed by atoms with E-state index in [0.717, 1.165) is 38.2 Å². The van der Waals surface area contributed by atoms with E-state index < -0.39 is 0 Å².